The molecule has 0 aliphatic heterocycles. The van der Waals surface area contributed by atoms with Crippen LogP contribution in [0.25, 0.3) is 0 Å². The molecule has 0 bridgehead atoms. The van der Waals surface area contributed by atoms with Crippen LogP contribution in [-0.2, 0) is 29.3 Å². The van der Waals surface area contributed by atoms with Crippen molar-refractivity contribution in [2.75, 3.05) is 0 Å². The topological polar surface area (TPSA) is 51.0 Å². The molecule has 0 unspecified atom stereocenters. The molecular formula is C14H16N4Ni. The van der Waals surface area contributed by atoms with E-state index in [2.05, 4.69) is 52.0 Å². The summed E-state index contributed by atoms with van der Waals surface area (Å²) in [5.41, 5.74) is 3.54. The van der Waals surface area contributed by atoms with Gasteiger partial charge in [0.1, 0.15) is 12.7 Å². The molecule has 0 aliphatic carbocycles. The summed E-state index contributed by atoms with van der Waals surface area (Å²) in [6, 6.07) is 6.30. The summed E-state index contributed by atoms with van der Waals surface area (Å²) in [4.78, 5) is 16.4. The molecule has 0 atom stereocenters. The maximum absolute atomic E-state index is 4.54. The molecular weight excluding hydrogens is 283 g/mol. The molecule has 4 nitrogen and oxygen atoms in total. The van der Waals surface area contributed by atoms with Crippen molar-refractivity contribution in [1.82, 2.24) is 15.0 Å². The fourth-order valence-corrected chi connectivity index (χ4v) is 1.82. The van der Waals surface area contributed by atoms with Gasteiger partial charge in [0.2, 0.25) is 0 Å². The number of rotatable bonds is 4. The first-order valence-corrected chi connectivity index (χ1v) is 6.12. The predicted octanol–water partition coefficient (Wildman–Crippen LogP) is 2.74. The predicted molar refractivity (Wildman–Crippen MR) is 72.3 cm³/mol. The standard InChI is InChI=1S/C14H16N4.Ni/c1-3-11-6-5-7-12(4-2)14(11)16-8-13-17-9-15-10-18-13;/h5-10H,3-4H2,1-2H3;. The molecule has 0 radical (unpaired) electrons. The monoisotopic (exact) mass is 298 g/mol. The van der Waals surface area contributed by atoms with Gasteiger partial charge in [-0.25, -0.2) is 15.0 Å². The Morgan fingerprint density at radius 2 is 1.63 bits per heavy atom. The van der Waals surface area contributed by atoms with E-state index in [-0.39, 0.29) is 16.5 Å². The molecule has 1 aromatic carbocycles. The van der Waals surface area contributed by atoms with Gasteiger partial charge in [0.05, 0.1) is 11.9 Å². The Hall–Kier alpha value is -1.61. The smallest absolute Gasteiger partial charge is 0.173 e. The van der Waals surface area contributed by atoms with Gasteiger partial charge in [-0.15, -0.1) is 0 Å². The minimum atomic E-state index is 0. The number of hydrogen-bond acceptors (Lipinski definition) is 4. The van der Waals surface area contributed by atoms with Crippen LogP contribution < -0.4 is 0 Å². The molecule has 0 saturated carbocycles. The van der Waals surface area contributed by atoms with Gasteiger partial charge in [-0.05, 0) is 24.0 Å². The van der Waals surface area contributed by atoms with Crippen LogP contribution in [0.5, 0.6) is 0 Å². The van der Waals surface area contributed by atoms with Crippen molar-refractivity contribution in [3.8, 4) is 0 Å². The fourth-order valence-electron chi connectivity index (χ4n) is 1.82. The van der Waals surface area contributed by atoms with Gasteiger partial charge in [0.25, 0.3) is 0 Å². The van der Waals surface area contributed by atoms with Crippen molar-refractivity contribution in [1.29, 1.82) is 0 Å². The van der Waals surface area contributed by atoms with Gasteiger partial charge >= 0.3 is 0 Å². The Morgan fingerprint density at radius 3 is 2.16 bits per heavy atom. The first-order valence-electron chi connectivity index (χ1n) is 6.12. The van der Waals surface area contributed by atoms with Crippen LogP contribution in [0, 0.1) is 0 Å². The molecule has 0 N–H and O–H groups in total. The van der Waals surface area contributed by atoms with Crippen LogP contribution in [0.15, 0.2) is 35.8 Å². The van der Waals surface area contributed by atoms with Gasteiger partial charge in [-0.1, -0.05) is 32.0 Å². The van der Waals surface area contributed by atoms with Crippen LogP contribution in [0.1, 0.15) is 30.8 Å². The summed E-state index contributed by atoms with van der Waals surface area (Å²) in [5.74, 6) is 0.581. The number of aromatic nitrogens is 3. The average Bonchev–Trinajstić information content (AvgIpc) is 2.45. The van der Waals surface area contributed by atoms with E-state index in [9.17, 15) is 0 Å². The van der Waals surface area contributed by atoms with Gasteiger partial charge in [0.15, 0.2) is 5.82 Å². The molecule has 1 aromatic heterocycles. The van der Waals surface area contributed by atoms with E-state index in [1.807, 2.05) is 0 Å². The zero-order valence-corrected chi connectivity index (χ0v) is 12.0. The second-order valence-corrected chi connectivity index (χ2v) is 3.89. The zero-order chi connectivity index (χ0) is 12.8. The molecule has 0 aliphatic rings. The van der Waals surface area contributed by atoms with Gasteiger partial charge < -0.3 is 0 Å². The van der Waals surface area contributed by atoms with Gasteiger partial charge in [-0.2, -0.15) is 0 Å². The van der Waals surface area contributed by atoms with E-state index >= 15 is 0 Å². The first kappa shape index (κ1) is 15.5. The maximum atomic E-state index is 4.54. The minimum Gasteiger partial charge on any atom is -0.252 e. The van der Waals surface area contributed by atoms with Gasteiger partial charge in [-0.3, -0.25) is 4.99 Å². The molecule has 0 spiro atoms. The molecule has 19 heavy (non-hydrogen) atoms. The Bertz CT molecular complexity index is 518. The van der Waals surface area contributed by atoms with Crippen LogP contribution >= 0.6 is 0 Å². The van der Waals surface area contributed by atoms with Gasteiger partial charge in [0, 0.05) is 16.5 Å². The average molecular weight is 299 g/mol. The quantitative estimate of drug-likeness (QED) is 0.644. The number of hydrogen-bond donors (Lipinski definition) is 0. The Balaban J connectivity index is 0.00000180. The first-order chi connectivity index (χ1) is 8.85. The van der Waals surface area contributed by atoms with Crippen LogP contribution in [0.3, 0.4) is 0 Å². The normalized spacial score (nSPS) is 10.4. The van der Waals surface area contributed by atoms with Crippen molar-refractivity contribution in [3.05, 3.63) is 47.8 Å². The van der Waals surface area contributed by atoms with E-state index in [1.54, 1.807) is 6.21 Å². The summed E-state index contributed by atoms with van der Waals surface area (Å²) < 4.78 is 0. The van der Waals surface area contributed by atoms with Crippen molar-refractivity contribution in [2.45, 2.75) is 26.7 Å². The number of nitrogens with zero attached hydrogens (tertiary/aromatic N) is 4. The molecule has 2 rings (SSSR count). The van der Waals surface area contributed by atoms with Crippen molar-refractivity contribution < 1.29 is 16.5 Å². The molecule has 0 saturated heterocycles. The molecule has 0 amide bonds. The third-order valence-electron chi connectivity index (χ3n) is 2.79. The second-order valence-electron chi connectivity index (χ2n) is 3.89. The number of aliphatic imine (C=N–C) groups is 1. The third-order valence-corrected chi connectivity index (χ3v) is 2.79. The molecule has 102 valence electrons. The van der Waals surface area contributed by atoms with E-state index in [0.29, 0.717) is 5.82 Å². The maximum Gasteiger partial charge on any atom is 0.173 e. The van der Waals surface area contributed by atoms with E-state index in [0.717, 1.165) is 18.5 Å². The van der Waals surface area contributed by atoms with Crippen LogP contribution in [-0.4, -0.2) is 21.2 Å². The van der Waals surface area contributed by atoms with E-state index < -0.39 is 0 Å². The number of aryl methyl sites for hydroxylation is 2. The summed E-state index contributed by atoms with van der Waals surface area (Å²) in [5, 5.41) is 0. The summed E-state index contributed by atoms with van der Waals surface area (Å²) >= 11 is 0. The Morgan fingerprint density at radius 1 is 1.05 bits per heavy atom. The summed E-state index contributed by atoms with van der Waals surface area (Å²) in [6.45, 7) is 4.27. The fraction of sp³-hybridized carbons (Fsp3) is 0.286. The SMILES string of the molecule is CCc1cccc(CC)c1N=Cc1ncncn1.[Ni]. The third kappa shape index (κ3) is 3.93. The molecule has 0 fully saturated rings. The van der Waals surface area contributed by atoms with Crippen LogP contribution in [0.2, 0.25) is 0 Å². The Kier molecular flexibility index (Phi) is 6.30. The second kappa shape index (κ2) is 7.75. The van der Waals surface area contributed by atoms with Crippen molar-refractivity contribution in [3.63, 3.8) is 0 Å². The minimum absolute atomic E-state index is 0. The zero-order valence-electron chi connectivity index (χ0n) is 11.0. The van der Waals surface area contributed by atoms with Crippen molar-refractivity contribution in [2.24, 2.45) is 4.99 Å². The Labute approximate surface area is 123 Å². The summed E-state index contributed by atoms with van der Waals surface area (Å²) in [7, 11) is 0. The number of benzene rings is 1. The molecule has 2 aromatic rings. The molecule has 1 heterocycles. The largest absolute Gasteiger partial charge is 0.252 e. The van der Waals surface area contributed by atoms with E-state index in [1.165, 1.54) is 23.8 Å². The van der Waals surface area contributed by atoms with Crippen molar-refractivity contribution >= 4 is 11.9 Å². The molecule has 5 heteroatoms. The summed E-state index contributed by atoms with van der Waals surface area (Å²) in [6.07, 6.45) is 6.58. The van der Waals surface area contributed by atoms with E-state index in [4.69, 9.17) is 0 Å². The van der Waals surface area contributed by atoms with Crippen LogP contribution in [0.4, 0.5) is 5.69 Å². The number of para-hydroxylation sites is 1.